The number of thiophene rings is 1. The second kappa shape index (κ2) is 45.9. The van der Waals surface area contributed by atoms with Crippen molar-refractivity contribution in [2.45, 2.75) is 159 Å². The fourth-order valence-corrected chi connectivity index (χ4v) is 26.9. The average Bonchev–Trinajstić information content (AvgIpc) is 1.60. The highest BCUT2D eigenvalue weighted by Gasteiger charge is 2.44. The number of hydrogen-bond donors (Lipinski definition) is 0. The molecule has 0 radical (unpaired) electrons. The van der Waals surface area contributed by atoms with E-state index in [0.29, 0.717) is 141 Å². The van der Waals surface area contributed by atoms with E-state index in [1.807, 2.05) is 104 Å². The summed E-state index contributed by atoms with van der Waals surface area (Å²) in [4.78, 5) is 21.3. The van der Waals surface area contributed by atoms with E-state index in [2.05, 4.69) is 134 Å². The van der Waals surface area contributed by atoms with E-state index in [0.717, 1.165) is 158 Å². The zero-order valence-corrected chi connectivity index (χ0v) is 87.1. The first-order valence-corrected chi connectivity index (χ1v) is 58.5. The van der Waals surface area contributed by atoms with E-state index in [1.54, 1.807) is 124 Å². The topological polar surface area (TPSA) is 329 Å². The summed E-state index contributed by atoms with van der Waals surface area (Å²) >= 11 is 1.67. The summed E-state index contributed by atoms with van der Waals surface area (Å²) in [7, 11) is -12.4. The summed E-state index contributed by atoms with van der Waals surface area (Å²) in [6.45, 7) is 12.3. The standard InChI is InChI=1S/C24H28N2O5S.C24H26N2O3S.C23H24N2O3S.C20H22N2O4S.C20H22N2O3S2/c1-4-32(27,28)26-9-6-20(7-10-26)31-24-14-18(11-17-5-8-25-16-23(17)24)19-12-21(29-2)15-22(13-19)30-3;1-17-3-2-4-18(13-17)20-14-19-7-10-25-16-23(19)24(15-20)29-21-8-11-26(12-9-21)30(27,28)22-5-6-22;26-29(27,21-6-7-21)25-12-9-20(10-13-25)28-23-15-19(17-4-2-1-3-5-17)14-18-8-11-24-16-22(18)23;1-2-27(23,24)22-8-4-18(5-9-22)26-20-12-17(16-6-10-25-14-16)11-15-3-7-21-13-19(15)20;1-2-27(23,24)22-8-4-18(5-9-22)25-20-12-17(16-6-10-26-14-16)11-15-3-7-21-13-19(15)20/h5,8,11-16,20H,4,6-7,9-10H2,1-3H3;2-4,7,10,13-16,21-22H,5-6,8-9,11-12H2,1H3;1-5,8,11,14-16,20-21H,6-7,9-10,12-13H2;2*3,6-7,10-14,18H,2,4-5,8-9H2,1H3. The Bertz CT molecular complexity index is 7450. The van der Waals surface area contributed by atoms with Crippen LogP contribution in [-0.2, 0) is 50.1 Å². The molecular weight excluding hydrogens is 1950 g/mol. The third-order valence-electron chi connectivity index (χ3n) is 27.8. The number of rotatable bonds is 27. The van der Waals surface area contributed by atoms with Crippen molar-refractivity contribution in [3.05, 3.63) is 267 Å². The van der Waals surface area contributed by atoms with Crippen molar-refractivity contribution < 1.29 is 79.7 Å². The summed E-state index contributed by atoms with van der Waals surface area (Å²) in [6.07, 6.45) is 31.5. The fourth-order valence-electron chi connectivity index (χ4n) is 19.1. The van der Waals surface area contributed by atoms with Crippen molar-refractivity contribution in [1.29, 1.82) is 0 Å². The van der Waals surface area contributed by atoms with Gasteiger partial charge in [0.15, 0.2) is 0 Å². The molecule has 0 bridgehead atoms. The highest BCUT2D eigenvalue weighted by Crippen LogP contribution is 2.44. The lowest BCUT2D eigenvalue weighted by molar-refractivity contribution is 0.136. The van der Waals surface area contributed by atoms with Crippen molar-refractivity contribution in [1.82, 2.24) is 46.4 Å². The third-order valence-corrected chi connectivity index (χ3v) is 38.9. The number of nitrogens with zero attached hydrogens (tertiary/aromatic N) is 10. The maximum absolute atomic E-state index is 12.5. The van der Waals surface area contributed by atoms with Crippen LogP contribution in [0.5, 0.6) is 40.2 Å². The molecule has 34 heteroatoms. The summed E-state index contributed by atoms with van der Waals surface area (Å²) in [5, 5.41) is 14.1. The Balaban J connectivity index is 0.000000119. The zero-order chi connectivity index (χ0) is 101. The Morgan fingerprint density at radius 3 is 0.910 bits per heavy atom. The Kier molecular flexibility index (Phi) is 32.6. The van der Waals surface area contributed by atoms with Crippen LogP contribution in [0.4, 0.5) is 0 Å². The molecule has 7 aliphatic rings. The van der Waals surface area contributed by atoms with Gasteiger partial charge in [-0.3, -0.25) is 24.9 Å². The molecule has 8 aromatic carbocycles. The molecule has 0 spiro atoms. The van der Waals surface area contributed by atoms with E-state index in [-0.39, 0.29) is 58.3 Å². The van der Waals surface area contributed by atoms with Crippen LogP contribution in [-0.4, -0.2) is 226 Å². The van der Waals surface area contributed by atoms with Crippen LogP contribution >= 0.6 is 11.3 Å². The molecule has 0 unspecified atom stereocenters. The molecular formula is C111H122N10O18S6. The number of benzene rings is 8. The van der Waals surface area contributed by atoms with Crippen molar-refractivity contribution in [3.63, 3.8) is 0 Å². The molecule has 22 rings (SSSR count). The van der Waals surface area contributed by atoms with Crippen molar-refractivity contribution in [2.24, 2.45) is 0 Å². The predicted molar refractivity (Wildman–Crippen MR) is 572 cm³/mol. The number of fused-ring (bicyclic) bond motifs is 5. The number of furan rings is 1. The lowest BCUT2D eigenvalue weighted by atomic mass is 10.00. The van der Waals surface area contributed by atoms with E-state index < -0.39 is 50.1 Å². The summed E-state index contributed by atoms with van der Waals surface area (Å²) in [5.74, 6) is 5.80. The summed E-state index contributed by atoms with van der Waals surface area (Å²) in [5.41, 5.74) is 12.0. The molecule has 760 valence electrons. The molecule has 2 aliphatic carbocycles. The van der Waals surface area contributed by atoms with Crippen LogP contribution in [0.15, 0.2) is 266 Å². The molecule has 0 amide bonds. The van der Waals surface area contributed by atoms with Gasteiger partial charge in [0, 0.05) is 166 Å². The van der Waals surface area contributed by atoms with Crippen molar-refractivity contribution in [3.8, 4) is 95.9 Å². The van der Waals surface area contributed by atoms with Gasteiger partial charge in [0.05, 0.1) is 54.5 Å². The van der Waals surface area contributed by atoms with Crippen LogP contribution in [0.3, 0.4) is 0 Å². The molecule has 2 saturated carbocycles. The van der Waals surface area contributed by atoms with Gasteiger partial charge in [-0.1, -0.05) is 60.2 Å². The molecule has 0 N–H and O–H groups in total. The quantitative estimate of drug-likeness (QED) is 0.0461. The molecule has 7 aromatic heterocycles. The van der Waals surface area contributed by atoms with Crippen LogP contribution in [0.2, 0.25) is 0 Å². The van der Waals surface area contributed by atoms with E-state index in [4.69, 9.17) is 37.6 Å². The Hall–Kier alpha value is -12.1. The maximum atomic E-state index is 12.5. The molecule has 28 nitrogen and oxygen atoms in total. The largest absolute Gasteiger partial charge is 0.497 e. The van der Waals surface area contributed by atoms with Crippen molar-refractivity contribution >= 4 is 115 Å². The lowest BCUT2D eigenvalue weighted by Crippen LogP contribution is -2.43. The van der Waals surface area contributed by atoms with Gasteiger partial charge in [0.1, 0.15) is 70.8 Å². The number of aromatic nitrogens is 5. The van der Waals surface area contributed by atoms with Gasteiger partial charge in [0.25, 0.3) is 0 Å². The molecule has 7 fully saturated rings. The second-order valence-electron chi connectivity index (χ2n) is 37.5. The van der Waals surface area contributed by atoms with Gasteiger partial charge >= 0.3 is 0 Å². The van der Waals surface area contributed by atoms with Crippen LogP contribution in [0.25, 0.3) is 109 Å². The minimum absolute atomic E-state index is 0.00631. The SMILES string of the molecule is CCS(=O)(=O)N1CCC(Oc2cc(-c3cc(OC)cc(OC)c3)cc3ccncc23)CC1.CCS(=O)(=O)N1CCC(Oc2cc(-c3ccoc3)cc3ccncc23)CC1.CCS(=O)(=O)N1CCC(Oc2cc(-c3ccsc3)cc3ccncc23)CC1.Cc1cccc(-c2cc(OC3CCN(S(=O)(=O)C4CC4)CC3)c3cnccc3c2)c1.O=S(=O)(C1CC1)N1CCC(Oc2cc(-c3ccccc3)cc3ccncc23)CC1. The number of sulfonamides is 5. The molecule has 12 heterocycles. The zero-order valence-electron chi connectivity index (χ0n) is 82.2. The monoisotopic (exact) mass is 2070 g/mol. The minimum atomic E-state index is -3.16. The van der Waals surface area contributed by atoms with Gasteiger partial charge in [-0.25, -0.2) is 63.6 Å². The van der Waals surface area contributed by atoms with Crippen LogP contribution in [0.1, 0.15) is 116 Å². The Morgan fingerprint density at radius 2 is 0.614 bits per heavy atom. The van der Waals surface area contributed by atoms with Crippen LogP contribution in [0, 0.1) is 6.92 Å². The fraction of sp³-hybridized carbons (Fsp3) is 0.360. The van der Waals surface area contributed by atoms with Gasteiger partial charge in [0.2, 0.25) is 50.1 Å². The molecule has 5 aliphatic heterocycles. The maximum Gasteiger partial charge on any atom is 0.216 e. The number of methoxy groups -OCH3 is 2. The second-order valence-corrected chi connectivity index (χ2v) is 49.5. The van der Waals surface area contributed by atoms with Gasteiger partial charge in [-0.05, 0) is 321 Å². The van der Waals surface area contributed by atoms with E-state index >= 15 is 0 Å². The highest BCUT2D eigenvalue weighted by molar-refractivity contribution is 7.90. The summed E-state index contributed by atoms with van der Waals surface area (Å²) < 4.78 is 178. The number of aryl methyl sites for hydroxylation is 1. The Morgan fingerprint density at radius 1 is 0.310 bits per heavy atom. The summed E-state index contributed by atoms with van der Waals surface area (Å²) in [6, 6.07) is 59.3. The minimum Gasteiger partial charge on any atom is -0.497 e. The van der Waals surface area contributed by atoms with Gasteiger partial charge in [-0.15, -0.1) is 0 Å². The highest BCUT2D eigenvalue weighted by atomic mass is 32.2. The average molecular weight is 2080 g/mol. The molecule has 15 aromatic rings. The number of ether oxygens (including phenoxy) is 7. The third kappa shape index (κ3) is 25.1. The van der Waals surface area contributed by atoms with Crippen molar-refractivity contribution in [2.75, 3.05) is 96.9 Å². The first kappa shape index (κ1) is 103. The molecule has 5 saturated heterocycles. The number of piperidine rings is 5. The Labute approximate surface area is 853 Å². The first-order chi connectivity index (χ1) is 70.2. The predicted octanol–water partition coefficient (Wildman–Crippen LogP) is 20.7. The van der Waals surface area contributed by atoms with Gasteiger partial charge in [-0.2, -0.15) is 11.3 Å². The van der Waals surface area contributed by atoms with E-state index in [9.17, 15) is 42.1 Å². The molecule has 0 atom stereocenters. The normalized spacial score (nSPS) is 17.2. The first-order valence-electron chi connectivity index (χ1n) is 49.7. The number of pyridine rings is 5. The number of hydrogen-bond acceptors (Lipinski definition) is 24. The molecule has 145 heavy (non-hydrogen) atoms. The van der Waals surface area contributed by atoms with E-state index in [1.165, 1.54) is 11.1 Å². The van der Waals surface area contributed by atoms with Gasteiger partial charge < -0.3 is 37.6 Å². The smallest absolute Gasteiger partial charge is 0.216 e. The lowest BCUT2D eigenvalue weighted by Gasteiger charge is -2.31. The van der Waals surface area contributed by atoms with Crippen LogP contribution < -0.4 is 33.2 Å².